The molecule has 0 saturated heterocycles. The molecule has 1 atom stereocenters. The van der Waals surface area contributed by atoms with Crippen LogP contribution in [0.4, 0.5) is 14.6 Å². The van der Waals surface area contributed by atoms with E-state index in [0.29, 0.717) is 28.9 Å². The van der Waals surface area contributed by atoms with E-state index < -0.39 is 17.6 Å². The number of thioether (sulfide) groups is 1. The fraction of sp³-hybridized carbons (Fsp3) is 0.241. The number of hydrogen-bond donors (Lipinski definition) is 0. The average molecular weight is 562 g/mol. The summed E-state index contributed by atoms with van der Waals surface area (Å²) in [5.74, 6) is -1.03. The number of pyridine rings is 2. The number of nitrogens with zero attached hydrogens (tertiary/aromatic N) is 5. The highest BCUT2D eigenvalue weighted by atomic mass is 32.2. The maximum atomic E-state index is 13.7. The van der Waals surface area contributed by atoms with Gasteiger partial charge in [-0.15, -0.1) is 11.8 Å². The van der Waals surface area contributed by atoms with Crippen molar-refractivity contribution in [2.75, 3.05) is 24.3 Å². The van der Waals surface area contributed by atoms with Gasteiger partial charge < -0.3 is 19.9 Å². The van der Waals surface area contributed by atoms with Crippen molar-refractivity contribution in [2.24, 2.45) is 0 Å². The molecule has 5 rings (SSSR count). The van der Waals surface area contributed by atoms with Crippen LogP contribution in [0.3, 0.4) is 0 Å². The number of aromatic nitrogens is 2. The lowest BCUT2D eigenvalue weighted by Gasteiger charge is -2.20. The normalized spacial score (nSPS) is 14.1. The molecule has 0 amide bonds. The summed E-state index contributed by atoms with van der Waals surface area (Å²) in [5.41, 5.74) is 13.2. The molecule has 8 nitrogen and oxygen atoms in total. The van der Waals surface area contributed by atoms with Crippen LogP contribution >= 0.6 is 11.8 Å². The van der Waals surface area contributed by atoms with Gasteiger partial charge in [-0.25, -0.2) is 23.5 Å². The predicted molar refractivity (Wildman–Crippen MR) is 148 cm³/mol. The van der Waals surface area contributed by atoms with Crippen molar-refractivity contribution in [3.05, 3.63) is 100 Å². The van der Waals surface area contributed by atoms with Gasteiger partial charge in [-0.3, -0.25) is 0 Å². The number of esters is 1. The van der Waals surface area contributed by atoms with Crippen LogP contribution in [0, 0.1) is 11.6 Å². The summed E-state index contributed by atoms with van der Waals surface area (Å²) in [4.78, 5) is 26.5. The summed E-state index contributed by atoms with van der Waals surface area (Å²) in [6, 6.07) is 15.2. The second-order valence-electron chi connectivity index (χ2n) is 9.14. The van der Waals surface area contributed by atoms with Crippen molar-refractivity contribution in [1.29, 1.82) is 0 Å². The second kappa shape index (κ2) is 11.8. The van der Waals surface area contributed by atoms with Crippen molar-refractivity contribution >= 4 is 40.2 Å². The highest BCUT2D eigenvalue weighted by Crippen LogP contribution is 2.44. The van der Waals surface area contributed by atoms with E-state index in [-0.39, 0.29) is 29.9 Å². The van der Waals surface area contributed by atoms with Crippen molar-refractivity contribution in [3.63, 3.8) is 0 Å². The minimum atomic E-state index is -0.954. The summed E-state index contributed by atoms with van der Waals surface area (Å²) in [7, 11) is 1.96. The molecule has 4 aromatic rings. The quantitative estimate of drug-likeness (QED) is 0.121. The van der Waals surface area contributed by atoms with Crippen LogP contribution in [0.2, 0.25) is 0 Å². The molecule has 1 aliphatic rings. The summed E-state index contributed by atoms with van der Waals surface area (Å²) >= 11 is 1.42. The Hall–Kier alpha value is -4.34. The van der Waals surface area contributed by atoms with Gasteiger partial charge in [0.2, 0.25) is 0 Å². The van der Waals surface area contributed by atoms with E-state index in [4.69, 9.17) is 9.47 Å². The zero-order chi connectivity index (χ0) is 28.2. The molecule has 2 aromatic heterocycles. The van der Waals surface area contributed by atoms with E-state index >= 15 is 0 Å². The first-order valence-electron chi connectivity index (χ1n) is 12.5. The molecule has 0 bridgehead atoms. The monoisotopic (exact) mass is 561 g/mol. The molecule has 0 saturated carbocycles. The smallest absolute Gasteiger partial charge is 0.417 e. The summed E-state index contributed by atoms with van der Waals surface area (Å²) in [6.45, 7) is 2.58. The SMILES string of the molecule is CCOC(=O)C(CSC1c2cc(OCc3ccc4cc(F)c(F)cc4n3)ccc2CN(C)c2ncccc21)=[N+]=[N-]. The van der Waals surface area contributed by atoms with Gasteiger partial charge in [0.1, 0.15) is 23.9 Å². The van der Waals surface area contributed by atoms with Crippen LogP contribution in [0.5, 0.6) is 5.75 Å². The van der Waals surface area contributed by atoms with Crippen molar-refractivity contribution in [1.82, 2.24) is 9.97 Å². The lowest BCUT2D eigenvalue weighted by atomic mass is 10.0. The maximum Gasteiger partial charge on any atom is 0.417 e. The van der Waals surface area contributed by atoms with E-state index in [9.17, 15) is 19.1 Å². The summed E-state index contributed by atoms with van der Waals surface area (Å²) < 4.78 is 38.4. The number of rotatable bonds is 8. The second-order valence-corrected chi connectivity index (χ2v) is 10.2. The lowest BCUT2D eigenvalue weighted by Crippen LogP contribution is -2.21. The Balaban J connectivity index is 1.44. The summed E-state index contributed by atoms with van der Waals surface area (Å²) in [6.07, 6.45) is 1.73. The third-order valence-corrected chi connectivity index (χ3v) is 7.74. The first kappa shape index (κ1) is 27.2. The minimum Gasteiger partial charge on any atom is -0.487 e. The van der Waals surface area contributed by atoms with Gasteiger partial charge in [-0.2, -0.15) is 4.79 Å². The molecule has 1 aliphatic heterocycles. The van der Waals surface area contributed by atoms with Crippen molar-refractivity contribution in [2.45, 2.75) is 25.3 Å². The third-order valence-electron chi connectivity index (χ3n) is 6.46. The fourth-order valence-corrected chi connectivity index (χ4v) is 5.83. The number of hydrogen-bond acceptors (Lipinski definition) is 7. The van der Waals surface area contributed by atoms with Crippen molar-refractivity contribution < 1.29 is 27.8 Å². The Labute approximate surface area is 233 Å². The largest absolute Gasteiger partial charge is 0.487 e. The average Bonchev–Trinajstić information content (AvgIpc) is 3.07. The molecule has 2 aromatic carbocycles. The number of benzene rings is 2. The van der Waals surface area contributed by atoms with Gasteiger partial charge in [0.15, 0.2) is 11.6 Å². The molecule has 0 aliphatic carbocycles. The predicted octanol–water partition coefficient (Wildman–Crippen LogP) is 5.49. The first-order valence-corrected chi connectivity index (χ1v) is 13.6. The Morgan fingerprint density at radius 1 is 1.15 bits per heavy atom. The molecule has 0 spiro atoms. The van der Waals surface area contributed by atoms with Crippen LogP contribution in [-0.2, 0) is 22.7 Å². The molecule has 0 fully saturated rings. The number of carbonyl (C=O) groups excluding carboxylic acids is 1. The van der Waals surface area contributed by atoms with E-state index in [2.05, 4.69) is 19.7 Å². The lowest BCUT2D eigenvalue weighted by molar-refractivity contribution is -0.139. The molecule has 11 heteroatoms. The zero-order valence-electron chi connectivity index (χ0n) is 21.8. The Bertz CT molecular complexity index is 1640. The Kier molecular flexibility index (Phi) is 8.04. The molecule has 0 N–H and O–H groups in total. The van der Waals surface area contributed by atoms with Crippen LogP contribution < -0.4 is 9.64 Å². The first-order chi connectivity index (χ1) is 19.4. The number of carbonyl (C=O) groups is 1. The fourth-order valence-electron chi connectivity index (χ4n) is 4.56. The molecular weight excluding hydrogens is 536 g/mol. The highest BCUT2D eigenvalue weighted by molar-refractivity contribution is 8.00. The zero-order valence-corrected chi connectivity index (χ0v) is 22.6. The maximum absolute atomic E-state index is 13.7. The molecule has 0 radical (unpaired) electrons. The molecule has 40 heavy (non-hydrogen) atoms. The molecule has 204 valence electrons. The van der Waals surface area contributed by atoms with E-state index in [0.717, 1.165) is 34.6 Å². The van der Waals surface area contributed by atoms with Crippen LogP contribution in [0.25, 0.3) is 16.4 Å². The standard InChI is InChI=1S/C29H25F2N5O3S/c1-3-38-29(37)26(35-32)16-40-27-21-5-4-10-33-28(21)36(2)14-18-7-9-20(12-22(18)27)39-15-19-8-6-17-11-23(30)24(31)13-25(17)34-19/h4-13,27H,3,14-16H2,1-2H3. The van der Waals surface area contributed by atoms with Crippen LogP contribution in [-0.4, -0.2) is 45.8 Å². The van der Waals surface area contributed by atoms with Gasteiger partial charge in [0.05, 0.1) is 23.1 Å². The summed E-state index contributed by atoms with van der Waals surface area (Å²) in [5, 5.41) is 0.243. The minimum absolute atomic E-state index is 0.0810. The van der Waals surface area contributed by atoms with Gasteiger partial charge in [0.25, 0.3) is 0 Å². The van der Waals surface area contributed by atoms with Gasteiger partial charge in [0, 0.05) is 36.8 Å². The molecule has 1 unspecified atom stereocenters. The highest BCUT2D eigenvalue weighted by Gasteiger charge is 2.31. The third kappa shape index (κ3) is 5.66. The molecular formula is C29H25F2N5O3S. The number of ether oxygens (including phenoxy) is 2. The van der Waals surface area contributed by atoms with E-state index in [1.165, 1.54) is 11.8 Å². The Morgan fingerprint density at radius 2 is 1.98 bits per heavy atom. The number of halogens is 2. The number of fused-ring (bicyclic) bond motifs is 3. The topological polar surface area (TPSA) is 101 Å². The van der Waals surface area contributed by atoms with Gasteiger partial charge >= 0.3 is 11.7 Å². The van der Waals surface area contributed by atoms with E-state index in [1.807, 2.05) is 37.4 Å². The van der Waals surface area contributed by atoms with Crippen LogP contribution in [0.15, 0.2) is 60.8 Å². The van der Waals surface area contributed by atoms with Gasteiger partial charge in [-0.1, -0.05) is 18.2 Å². The number of anilines is 1. The van der Waals surface area contributed by atoms with Crippen LogP contribution in [0.1, 0.15) is 34.6 Å². The van der Waals surface area contributed by atoms with E-state index in [1.54, 1.807) is 25.3 Å². The Morgan fingerprint density at radius 3 is 2.77 bits per heavy atom. The van der Waals surface area contributed by atoms with Gasteiger partial charge in [-0.05, 0) is 48.4 Å². The van der Waals surface area contributed by atoms with Crippen molar-refractivity contribution in [3.8, 4) is 5.75 Å². The molecule has 3 heterocycles.